The Kier molecular flexibility index (Phi) is 6.52. The van der Waals surface area contributed by atoms with Crippen LogP contribution in [0.4, 0.5) is 4.79 Å². The van der Waals surface area contributed by atoms with E-state index in [0.717, 1.165) is 49.6 Å². The van der Waals surface area contributed by atoms with E-state index >= 15 is 0 Å². The number of halogens is 1. The number of hydrogen-bond acceptors (Lipinski definition) is 2. The average molecular weight is 324 g/mol. The number of nitrogens with one attached hydrogen (secondary N) is 1. The molecule has 1 atom stereocenters. The number of carbonyl (C=O) groups excluding carboxylic acids is 1. The summed E-state index contributed by atoms with van der Waals surface area (Å²) < 4.78 is 0. The van der Waals surface area contributed by atoms with Gasteiger partial charge in [-0.3, -0.25) is 4.90 Å². The van der Waals surface area contributed by atoms with Gasteiger partial charge in [0, 0.05) is 43.8 Å². The van der Waals surface area contributed by atoms with Gasteiger partial charge in [0.1, 0.15) is 0 Å². The van der Waals surface area contributed by atoms with Gasteiger partial charge in [-0.25, -0.2) is 4.79 Å². The van der Waals surface area contributed by atoms with E-state index in [1.54, 1.807) is 0 Å². The second-order valence-corrected chi connectivity index (χ2v) is 6.33. The topological polar surface area (TPSA) is 35.6 Å². The minimum atomic E-state index is 0.0471. The molecule has 5 heteroatoms. The third-order valence-electron chi connectivity index (χ3n) is 4.39. The van der Waals surface area contributed by atoms with Crippen LogP contribution in [-0.4, -0.2) is 54.6 Å². The molecule has 2 amide bonds. The number of piperazine rings is 1. The van der Waals surface area contributed by atoms with Gasteiger partial charge in [0.15, 0.2) is 0 Å². The number of urea groups is 1. The normalized spacial score (nSPS) is 17.3. The summed E-state index contributed by atoms with van der Waals surface area (Å²) in [7, 11) is 0. The van der Waals surface area contributed by atoms with E-state index in [0.29, 0.717) is 12.6 Å². The summed E-state index contributed by atoms with van der Waals surface area (Å²) >= 11 is 5.96. The van der Waals surface area contributed by atoms with Crippen molar-refractivity contribution < 1.29 is 4.79 Å². The van der Waals surface area contributed by atoms with Gasteiger partial charge >= 0.3 is 6.03 Å². The van der Waals surface area contributed by atoms with E-state index in [-0.39, 0.29) is 6.03 Å². The number of nitrogens with zero attached hydrogens (tertiary/aromatic N) is 2. The lowest BCUT2D eigenvalue weighted by Crippen LogP contribution is -2.53. The highest BCUT2D eigenvalue weighted by Gasteiger charge is 2.22. The highest BCUT2D eigenvalue weighted by Crippen LogP contribution is 2.11. The Labute approximate surface area is 138 Å². The molecule has 1 aliphatic heterocycles. The fourth-order valence-corrected chi connectivity index (χ4v) is 2.95. The lowest BCUT2D eigenvalue weighted by Gasteiger charge is -2.37. The van der Waals surface area contributed by atoms with Crippen LogP contribution < -0.4 is 5.32 Å². The second kappa shape index (κ2) is 8.39. The molecule has 0 aromatic heterocycles. The Balaban J connectivity index is 1.70. The van der Waals surface area contributed by atoms with Crippen molar-refractivity contribution in [1.82, 2.24) is 15.1 Å². The average Bonchev–Trinajstić information content (AvgIpc) is 2.54. The summed E-state index contributed by atoms with van der Waals surface area (Å²) in [6, 6.07) is 8.43. The molecule has 22 heavy (non-hydrogen) atoms. The van der Waals surface area contributed by atoms with Crippen LogP contribution in [0.3, 0.4) is 0 Å². The highest BCUT2D eigenvalue weighted by atomic mass is 35.5. The zero-order valence-corrected chi connectivity index (χ0v) is 14.3. The fourth-order valence-electron chi connectivity index (χ4n) is 2.74. The summed E-state index contributed by atoms with van der Waals surface area (Å²) in [5, 5.41) is 3.74. The largest absolute Gasteiger partial charge is 0.338 e. The smallest absolute Gasteiger partial charge is 0.317 e. The first-order valence-electron chi connectivity index (χ1n) is 8.11. The number of benzene rings is 1. The molecule has 1 aliphatic rings. The Morgan fingerprint density at radius 2 is 2.05 bits per heavy atom. The molecule has 1 fully saturated rings. The molecule has 1 unspecified atom stereocenters. The van der Waals surface area contributed by atoms with Gasteiger partial charge in [0.25, 0.3) is 0 Å². The molecule has 1 aromatic rings. The lowest BCUT2D eigenvalue weighted by atomic mass is 10.1. The van der Waals surface area contributed by atoms with Crippen LogP contribution in [0.1, 0.15) is 25.8 Å². The molecule has 1 saturated heterocycles. The van der Waals surface area contributed by atoms with Crippen LogP contribution >= 0.6 is 11.6 Å². The molecule has 0 spiro atoms. The quantitative estimate of drug-likeness (QED) is 0.904. The maximum atomic E-state index is 12.2. The van der Waals surface area contributed by atoms with Crippen LogP contribution in [0.25, 0.3) is 0 Å². The highest BCUT2D eigenvalue weighted by molar-refractivity contribution is 6.30. The van der Waals surface area contributed by atoms with Crippen molar-refractivity contribution in [1.29, 1.82) is 0 Å². The van der Waals surface area contributed by atoms with Gasteiger partial charge in [-0.15, -0.1) is 0 Å². The molecule has 122 valence electrons. The van der Waals surface area contributed by atoms with Crippen molar-refractivity contribution in [3.63, 3.8) is 0 Å². The van der Waals surface area contributed by atoms with Gasteiger partial charge in [0.05, 0.1) is 0 Å². The summed E-state index contributed by atoms with van der Waals surface area (Å²) in [4.78, 5) is 16.5. The number of amides is 2. The van der Waals surface area contributed by atoms with Crippen molar-refractivity contribution in [3.8, 4) is 0 Å². The van der Waals surface area contributed by atoms with Gasteiger partial charge in [-0.05, 0) is 37.5 Å². The first kappa shape index (κ1) is 17.1. The Morgan fingerprint density at radius 1 is 1.32 bits per heavy atom. The molecule has 0 aliphatic carbocycles. The third-order valence-corrected chi connectivity index (χ3v) is 4.63. The zero-order valence-electron chi connectivity index (χ0n) is 13.5. The second-order valence-electron chi connectivity index (χ2n) is 5.89. The van der Waals surface area contributed by atoms with E-state index in [2.05, 4.69) is 24.1 Å². The van der Waals surface area contributed by atoms with Gasteiger partial charge in [0.2, 0.25) is 0 Å². The molecule has 0 radical (unpaired) electrons. The molecular formula is C17H26ClN3O. The van der Waals surface area contributed by atoms with E-state index in [1.807, 2.05) is 29.2 Å². The number of hydrogen-bond donors (Lipinski definition) is 1. The molecular weight excluding hydrogens is 298 g/mol. The van der Waals surface area contributed by atoms with E-state index in [4.69, 9.17) is 11.6 Å². The molecule has 1 heterocycles. The van der Waals surface area contributed by atoms with Crippen LogP contribution in [0, 0.1) is 0 Å². The summed E-state index contributed by atoms with van der Waals surface area (Å²) in [6.07, 6.45) is 1.96. The van der Waals surface area contributed by atoms with E-state index < -0.39 is 0 Å². The number of carbonyl (C=O) groups is 1. The summed E-state index contributed by atoms with van der Waals surface area (Å²) in [6.45, 7) is 8.67. The van der Waals surface area contributed by atoms with Crippen LogP contribution in [0.5, 0.6) is 0 Å². The van der Waals surface area contributed by atoms with Crippen molar-refractivity contribution >= 4 is 17.6 Å². The zero-order chi connectivity index (χ0) is 15.9. The Bertz CT molecular complexity index is 487. The van der Waals surface area contributed by atoms with Crippen molar-refractivity contribution in [2.24, 2.45) is 0 Å². The van der Waals surface area contributed by atoms with Crippen LogP contribution in [0.15, 0.2) is 24.3 Å². The van der Waals surface area contributed by atoms with Crippen LogP contribution in [-0.2, 0) is 6.42 Å². The first-order valence-corrected chi connectivity index (χ1v) is 8.49. The monoisotopic (exact) mass is 323 g/mol. The van der Waals surface area contributed by atoms with Crippen molar-refractivity contribution in [2.75, 3.05) is 32.7 Å². The van der Waals surface area contributed by atoms with Crippen molar-refractivity contribution in [2.45, 2.75) is 32.7 Å². The summed E-state index contributed by atoms with van der Waals surface area (Å²) in [5.74, 6) is 0. The molecule has 2 rings (SSSR count). The SMILES string of the molecule is CCC(C)N1CCN(C(=O)NCCc2cccc(Cl)c2)CC1. The minimum Gasteiger partial charge on any atom is -0.338 e. The van der Waals surface area contributed by atoms with Crippen molar-refractivity contribution in [3.05, 3.63) is 34.9 Å². The van der Waals surface area contributed by atoms with Crippen LogP contribution in [0.2, 0.25) is 5.02 Å². The predicted molar refractivity (Wildman–Crippen MR) is 91.5 cm³/mol. The van der Waals surface area contributed by atoms with E-state index in [1.165, 1.54) is 0 Å². The maximum Gasteiger partial charge on any atom is 0.317 e. The molecule has 0 saturated carbocycles. The minimum absolute atomic E-state index is 0.0471. The molecule has 4 nitrogen and oxygen atoms in total. The molecule has 0 bridgehead atoms. The van der Waals surface area contributed by atoms with Gasteiger partial charge < -0.3 is 10.2 Å². The Hall–Kier alpha value is -1.26. The van der Waals surface area contributed by atoms with Gasteiger partial charge in [-0.1, -0.05) is 30.7 Å². The molecule has 1 N–H and O–H groups in total. The Morgan fingerprint density at radius 3 is 2.68 bits per heavy atom. The molecule has 1 aromatic carbocycles. The van der Waals surface area contributed by atoms with Gasteiger partial charge in [-0.2, -0.15) is 0 Å². The third kappa shape index (κ3) is 4.89. The predicted octanol–water partition coefficient (Wildman–Crippen LogP) is 3.01. The first-order chi connectivity index (χ1) is 10.6. The summed E-state index contributed by atoms with van der Waals surface area (Å²) in [5.41, 5.74) is 1.15. The standard InChI is InChI=1S/C17H26ClN3O/c1-3-14(2)20-9-11-21(12-10-20)17(22)19-8-7-15-5-4-6-16(18)13-15/h4-6,13-14H,3,7-12H2,1-2H3,(H,19,22). The fraction of sp³-hybridized carbons (Fsp3) is 0.588. The van der Waals surface area contributed by atoms with E-state index in [9.17, 15) is 4.79 Å². The number of rotatable bonds is 5. The maximum absolute atomic E-state index is 12.2. The lowest BCUT2D eigenvalue weighted by molar-refractivity contribution is 0.112.